The van der Waals surface area contributed by atoms with E-state index >= 15 is 0 Å². The van der Waals surface area contributed by atoms with Crippen LogP contribution in [0.3, 0.4) is 0 Å². The molecule has 1 amide bonds. The summed E-state index contributed by atoms with van der Waals surface area (Å²) < 4.78 is 18.8. The van der Waals surface area contributed by atoms with Crippen LogP contribution in [0.25, 0.3) is 0 Å². The van der Waals surface area contributed by atoms with Crippen LogP contribution in [0.15, 0.2) is 27.5 Å². The van der Waals surface area contributed by atoms with Crippen molar-refractivity contribution in [2.45, 2.75) is 32.6 Å². The molecule has 29 heavy (non-hydrogen) atoms. The molecule has 1 aromatic heterocycles. The van der Waals surface area contributed by atoms with E-state index in [-0.39, 0.29) is 34.2 Å². The number of ketones is 1. The first-order valence-corrected chi connectivity index (χ1v) is 11.6. The summed E-state index contributed by atoms with van der Waals surface area (Å²) in [6, 6.07) is 2.95. The van der Waals surface area contributed by atoms with Gasteiger partial charge in [0.25, 0.3) is 5.56 Å². The highest BCUT2D eigenvalue weighted by molar-refractivity contribution is 7.93. The average Bonchev–Trinajstić information content (AvgIpc) is 3.03. The number of H-pyrrole nitrogens is 1. The maximum Gasteiger partial charge on any atom is 0.277 e. The molecule has 2 heterocycles. The number of amides is 1. The Balaban J connectivity index is 2.16. The number of rotatable bonds is 5. The molecule has 1 saturated heterocycles. The summed E-state index contributed by atoms with van der Waals surface area (Å²) in [6.45, 7) is 1.70. The van der Waals surface area contributed by atoms with Gasteiger partial charge in [0.2, 0.25) is 11.7 Å². The van der Waals surface area contributed by atoms with E-state index in [0.29, 0.717) is 17.2 Å². The summed E-state index contributed by atoms with van der Waals surface area (Å²) in [7, 11) is -1.04. The van der Waals surface area contributed by atoms with Gasteiger partial charge in [0, 0.05) is 36.7 Å². The number of aromatic amines is 1. The summed E-state index contributed by atoms with van der Waals surface area (Å²) in [6.07, 6.45) is 4.15. The van der Waals surface area contributed by atoms with Crippen molar-refractivity contribution in [2.75, 3.05) is 16.8 Å². The van der Waals surface area contributed by atoms with Gasteiger partial charge in [-0.25, -0.2) is 4.21 Å². The van der Waals surface area contributed by atoms with Crippen LogP contribution >= 0.6 is 11.6 Å². The molecule has 0 radical (unpaired) electrons. The third-order valence-corrected chi connectivity index (χ3v) is 7.57. The molecule has 0 bridgehead atoms. The van der Waals surface area contributed by atoms with E-state index in [2.05, 4.69) is 14.8 Å². The zero-order chi connectivity index (χ0) is 21.2. The van der Waals surface area contributed by atoms with Crippen molar-refractivity contribution in [2.24, 2.45) is 11.4 Å². The molecular formula is C19H23ClN4O4S. The Morgan fingerprint density at radius 1 is 1.24 bits per heavy atom. The second kappa shape index (κ2) is 8.54. The topological polar surface area (TPSA) is 113 Å². The number of nitrogens with one attached hydrogen (secondary N) is 2. The summed E-state index contributed by atoms with van der Waals surface area (Å²) in [5.74, 6) is 0.0668. The van der Waals surface area contributed by atoms with Gasteiger partial charge >= 0.3 is 0 Å². The molecular weight excluding hydrogens is 416 g/mol. The Kier molecular flexibility index (Phi) is 6.28. The zero-order valence-electron chi connectivity index (χ0n) is 16.3. The Bertz CT molecular complexity index is 1130. The van der Waals surface area contributed by atoms with Crippen LogP contribution in [-0.2, 0) is 21.6 Å². The van der Waals surface area contributed by atoms with Crippen molar-refractivity contribution >= 4 is 44.4 Å². The van der Waals surface area contributed by atoms with Crippen molar-refractivity contribution in [3.63, 3.8) is 0 Å². The Labute approximate surface area is 173 Å². The summed E-state index contributed by atoms with van der Waals surface area (Å²) in [5, 5.41) is 5.33. The van der Waals surface area contributed by atoms with Gasteiger partial charge in [-0.2, -0.15) is 4.36 Å². The lowest BCUT2D eigenvalue weighted by atomic mass is 10.0. The van der Waals surface area contributed by atoms with Gasteiger partial charge in [0.1, 0.15) is 11.3 Å². The Morgan fingerprint density at radius 2 is 1.93 bits per heavy atom. The van der Waals surface area contributed by atoms with E-state index in [9.17, 15) is 18.6 Å². The molecule has 8 nitrogen and oxygen atoms in total. The van der Waals surface area contributed by atoms with Crippen LogP contribution in [0.4, 0.5) is 11.4 Å². The van der Waals surface area contributed by atoms with Crippen molar-refractivity contribution in [1.82, 2.24) is 9.78 Å². The first-order chi connectivity index (χ1) is 13.8. The van der Waals surface area contributed by atoms with E-state index in [0.717, 1.165) is 19.3 Å². The van der Waals surface area contributed by atoms with Gasteiger partial charge in [-0.1, -0.05) is 24.9 Å². The molecule has 1 fully saturated rings. The fourth-order valence-corrected chi connectivity index (χ4v) is 5.69. The van der Waals surface area contributed by atoms with E-state index < -0.39 is 21.1 Å². The van der Waals surface area contributed by atoms with Gasteiger partial charge < -0.3 is 10.4 Å². The molecule has 0 saturated carbocycles. The number of halogens is 1. The number of hydrogen-bond donors (Lipinski definition) is 2. The Morgan fingerprint density at radius 3 is 2.52 bits per heavy atom. The van der Waals surface area contributed by atoms with Gasteiger partial charge in [-0.3, -0.25) is 19.1 Å². The van der Waals surface area contributed by atoms with Crippen molar-refractivity contribution in [3.8, 4) is 0 Å². The van der Waals surface area contributed by atoms with E-state index in [4.69, 9.17) is 11.6 Å². The number of anilines is 1. The number of carbonyl (C=O) groups is 2. The molecule has 10 heteroatoms. The van der Waals surface area contributed by atoms with E-state index in [1.54, 1.807) is 6.92 Å². The minimum absolute atomic E-state index is 0.0274. The first kappa shape index (κ1) is 21.3. The van der Waals surface area contributed by atoms with Gasteiger partial charge in [0.15, 0.2) is 0 Å². The molecule has 0 aliphatic carbocycles. The van der Waals surface area contributed by atoms with Crippen molar-refractivity contribution in [3.05, 3.63) is 44.8 Å². The third-order valence-electron chi connectivity index (χ3n) is 4.82. The van der Waals surface area contributed by atoms with Crippen molar-refractivity contribution < 1.29 is 13.8 Å². The van der Waals surface area contributed by atoms with Crippen LogP contribution < -0.4 is 10.9 Å². The smallest absolute Gasteiger partial charge is 0.277 e. The summed E-state index contributed by atoms with van der Waals surface area (Å²) in [4.78, 5) is 37.0. The maximum absolute atomic E-state index is 13.2. The van der Waals surface area contributed by atoms with Gasteiger partial charge in [-0.15, -0.1) is 0 Å². The quantitative estimate of drug-likeness (QED) is 0.697. The minimum atomic E-state index is -2.54. The molecule has 1 aliphatic heterocycles. The van der Waals surface area contributed by atoms with E-state index in [1.165, 1.54) is 30.1 Å². The Hall–Kier alpha value is -2.39. The second-order valence-electron chi connectivity index (χ2n) is 6.94. The molecule has 3 rings (SSSR count). The number of nitrogens with zero attached hydrogens (tertiary/aromatic N) is 2. The molecule has 0 unspecified atom stereocenters. The number of benzene rings is 1. The van der Waals surface area contributed by atoms with Crippen molar-refractivity contribution in [1.29, 1.82) is 0 Å². The van der Waals surface area contributed by atoms with Crippen LogP contribution in [0.5, 0.6) is 0 Å². The molecule has 0 atom stereocenters. The second-order valence-corrected chi connectivity index (χ2v) is 9.86. The molecule has 0 spiro atoms. The third kappa shape index (κ3) is 4.45. The fraction of sp³-hybridized carbons (Fsp3) is 0.421. The lowest BCUT2D eigenvalue weighted by Gasteiger charge is -2.18. The molecule has 2 N–H and O–H groups in total. The highest BCUT2D eigenvalue weighted by Crippen LogP contribution is 2.38. The highest BCUT2D eigenvalue weighted by Gasteiger charge is 2.24. The minimum Gasteiger partial charge on any atom is -0.324 e. The molecule has 1 aromatic carbocycles. The number of hydrogen-bond acceptors (Lipinski definition) is 5. The lowest BCUT2D eigenvalue weighted by molar-refractivity contribution is -0.115. The number of aryl methyl sites for hydroxylation is 1. The molecule has 156 valence electrons. The molecule has 1 aliphatic rings. The predicted molar refractivity (Wildman–Crippen MR) is 114 cm³/mol. The van der Waals surface area contributed by atoms with Gasteiger partial charge in [-0.05, 0) is 25.0 Å². The zero-order valence-corrected chi connectivity index (χ0v) is 17.9. The highest BCUT2D eigenvalue weighted by atomic mass is 35.5. The van der Waals surface area contributed by atoms with Crippen LogP contribution in [0.2, 0.25) is 5.02 Å². The standard InChI is InChI=1S/C19H23ClN4O4S/c1-3-15(25)22-14-8-7-12(18(26)13-11-21-24(2)19(13)27)16(20)17(14)23-29(28)9-5-4-6-10-29/h7-8,11,21H,3-6,9-10H2,1-2H3,(H,22,25). The molecule has 2 aromatic rings. The SMILES string of the molecule is CCC(=O)Nc1ccc(C(=O)c2c[nH]n(C)c2=O)c(Cl)c1N=S1(=O)CCCCC1. The average molecular weight is 439 g/mol. The predicted octanol–water partition coefficient (Wildman–Crippen LogP) is 3.23. The lowest BCUT2D eigenvalue weighted by Crippen LogP contribution is -2.20. The maximum atomic E-state index is 13.2. The normalized spacial score (nSPS) is 15.7. The van der Waals surface area contributed by atoms with Gasteiger partial charge in [0.05, 0.1) is 20.4 Å². The van der Waals surface area contributed by atoms with Crippen LogP contribution in [0, 0.1) is 0 Å². The summed E-state index contributed by atoms with van der Waals surface area (Å²) in [5.41, 5.74) is -0.0543. The number of aromatic nitrogens is 2. The largest absolute Gasteiger partial charge is 0.324 e. The van der Waals surface area contributed by atoms with Crippen LogP contribution in [-0.4, -0.2) is 37.2 Å². The first-order valence-electron chi connectivity index (χ1n) is 9.39. The monoisotopic (exact) mass is 438 g/mol. The summed E-state index contributed by atoms with van der Waals surface area (Å²) >= 11 is 6.52. The fourth-order valence-electron chi connectivity index (χ4n) is 3.13. The van der Waals surface area contributed by atoms with Crippen LogP contribution in [0.1, 0.15) is 48.5 Å². The number of carbonyl (C=O) groups excluding carboxylic acids is 2. The van der Waals surface area contributed by atoms with E-state index in [1.807, 2.05) is 0 Å².